The molecule has 0 N–H and O–H groups in total. The van der Waals surface area contributed by atoms with Crippen LogP contribution < -0.4 is 4.90 Å². The molecule has 0 bridgehead atoms. The van der Waals surface area contributed by atoms with E-state index in [2.05, 4.69) is 29.2 Å². The molecule has 0 aromatic heterocycles. The average Bonchev–Trinajstić information content (AvgIpc) is 2.69. The fourth-order valence-corrected chi connectivity index (χ4v) is 4.24. The van der Waals surface area contributed by atoms with Crippen molar-refractivity contribution in [2.24, 2.45) is 0 Å². The molecule has 1 heterocycles. The predicted molar refractivity (Wildman–Crippen MR) is 112 cm³/mol. The van der Waals surface area contributed by atoms with E-state index >= 15 is 0 Å². The van der Waals surface area contributed by atoms with E-state index in [1.807, 2.05) is 30.0 Å². The lowest BCUT2D eigenvalue weighted by atomic mass is 10.2. The summed E-state index contributed by atoms with van der Waals surface area (Å²) < 4.78 is 0. The summed E-state index contributed by atoms with van der Waals surface area (Å²) in [4.78, 5) is 17.0. The lowest BCUT2D eigenvalue weighted by Crippen LogP contribution is -2.50. The highest BCUT2D eigenvalue weighted by atomic mass is 35.5. The topological polar surface area (TPSA) is 23.6 Å². The van der Waals surface area contributed by atoms with Crippen LogP contribution in [-0.4, -0.2) is 42.2 Å². The number of nitrogens with zero attached hydrogens (tertiary/aromatic N) is 2. The first-order valence-electron chi connectivity index (χ1n) is 8.69. The van der Waals surface area contributed by atoms with Gasteiger partial charge in [-0.25, -0.2) is 0 Å². The summed E-state index contributed by atoms with van der Waals surface area (Å²) in [7, 11) is 0. The zero-order valence-corrected chi connectivity index (χ0v) is 17.0. The Bertz CT molecular complexity index is 749. The van der Waals surface area contributed by atoms with Crippen molar-refractivity contribution in [2.45, 2.75) is 17.9 Å². The molecule has 138 valence electrons. The summed E-state index contributed by atoms with van der Waals surface area (Å²) in [6.07, 6.45) is 0. The fraction of sp³-hybridized carbons (Fsp3) is 0.350. The van der Waals surface area contributed by atoms with Crippen molar-refractivity contribution in [3.63, 3.8) is 0 Å². The van der Waals surface area contributed by atoms with Gasteiger partial charge in [0.2, 0.25) is 5.91 Å². The summed E-state index contributed by atoms with van der Waals surface area (Å²) >= 11 is 13.6. The third kappa shape index (κ3) is 4.87. The van der Waals surface area contributed by atoms with Crippen LogP contribution in [0.4, 0.5) is 5.69 Å². The van der Waals surface area contributed by atoms with E-state index in [-0.39, 0.29) is 11.2 Å². The van der Waals surface area contributed by atoms with Crippen LogP contribution in [0.1, 0.15) is 12.5 Å². The van der Waals surface area contributed by atoms with Gasteiger partial charge in [-0.3, -0.25) is 4.79 Å². The highest BCUT2D eigenvalue weighted by molar-refractivity contribution is 7.99. The number of amides is 1. The predicted octanol–water partition coefficient (Wildman–Crippen LogP) is 4.96. The van der Waals surface area contributed by atoms with Crippen LogP contribution in [0.15, 0.2) is 48.5 Å². The van der Waals surface area contributed by atoms with Gasteiger partial charge in [0.25, 0.3) is 0 Å². The van der Waals surface area contributed by atoms with Crippen molar-refractivity contribution >= 4 is 46.6 Å². The monoisotopic (exact) mass is 408 g/mol. The maximum Gasteiger partial charge on any atom is 0.235 e. The smallest absolute Gasteiger partial charge is 0.235 e. The second kappa shape index (κ2) is 9.03. The standard InChI is InChI=1S/C20H22Cl2N2OS/c1-15(26-14-16-7-8-18(21)19(22)13-16)20(25)24-11-9-23(10-12-24)17-5-3-2-4-6-17/h2-8,13,15H,9-12,14H2,1H3. The van der Waals surface area contributed by atoms with Gasteiger partial charge in [0.15, 0.2) is 0 Å². The molecule has 0 aliphatic carbocycles. The number of piperazine rings is 1. The minimum Gasteiger partial charge on any atom is -0.368 e. The van der Waals surface area contributed by atoms with Crippen LogP contribution >= 0.6 is 35.0 Å². The number of rotatable bonds is 5. The normalized spacial score (nSPS) is 15.8. The quantitative estimate of drug-likeness (QED) is 0.697. The van der Waals surface area contributed by atoms with E-state index in [0.29, 0.717) is 10.0 Å². The zero-order chi connectivity index (χ0) is 18.5. The molecule has 26 heavy (non-hydrogen) atoms. The molecule has 1 saturated heterocycles. The molecule has 2 aromatic rings. The summed E-state index contributed by atoms with van der Waals surface area (Å²) in [6.45, 7) is 5.27. The zero-order valence-electron chi connectivity index (χ0n) is 14.7. The minimum absolute atomic E-state index is 0.0762. The minimum atomic E-state index is -0.0762. The molecule has 1 unspecified atom stereocenters. The number of halogens is 2. The highest BCUT2D eigenvalue weighted by Gasteiger charge is 2.25. The molecular formula is C20H22Cl2N2OS. The first-order valence-corrected chi connectivity index (χ1v) is 10.5. The molecule has 0 saturated carbocycles. The number of anilines is 1. The van der Waals surface area contributed by atoms with Gasteiger partial charge in [-0.2, -0.15) is 0 Å². The largest absolute Gasteiger partial charge is 0.368 e. The molecule has 0 spiro atoms. The average molecular weight is 409 g/mol. The third-order valence-electron chi connectivity index (χ3n) is 4.54. The molecule has 3 nitrogen and oxygen atoms in total. The highest BCUT2D eigenvalue weighted by Crippen LogP contribution is 2.26. The molecule has 1 atom stereocenters. The Kier molecular flexibility index (Phi) is 6.74. The van der Waals surface area contributed by atoms with Crippen LogP contribution in [0.3, 0.4) is 0 Å². The fourth-order valence-electron chi connectivity index (χ4n) is 3.00. The Morgan fingerprint density at radius 1 is 1.04 bits per heavy atom. The van der Waals surface area contributed by atoms with E-state index in [4.69, 9.17) is 23.2 Å². The van der Waals surface area contributed by atoms with Crippen LogP contribution in [0.25, 0.3) is 0 Å². The van der Waals surface area contributed by atoms with E-state index in [1.165, 1.54) is 5.69 Å². The molecule has 1 aliphatic heterocycles. The van der Waals surface area contributed by atoms with Crippen LogP contribution in [0, 0.1) is 0 Å². The van der Waals surface area contributed by atoms with Gasteiger partial charge in [0.1, 0.15) is 0 Å². The number of hydrogen-bond donors (Lipinski definition) is 0. The van der Waals surface area contributed by atoms with Crippen molar-refractivity contribution in [3.05, 3.63) is 64.1 Å². The molecule has 1 amide bonds. The van der Waals surface area contributed by atoms with Gasteiger partial charge in [0.05, 0.1) is 15.3 Å². The van der Waals surface area contributed by atoms with Crippen LogP contribution in [-0.2, 0) is 10.5 Å². The maximum absolute atomic E-state index is 12.7. The van der Waals surface area contributed by atoms with Crippen molar-refractivity contribution < 1.29 is 4.79 Å². The van der Waals surface area contributed by atoms with Gasteiger partial charge in [-0.15, -0.1) is 11.8 Å². The Hall–Kier alpha value is -1.36. The third-order valence-corrected chi connectivity index (χ3v) is 6.49. The van der Waals surface area contributed by atoms with Crippen molar-refractivity contribution in [1.82, 2.24) is 4.90 Å². The van der Waals surface area contributed by atoms with Crippen molar-refractivity contribution in [1.29, 1.82) is 0 Å². The molecular weight excluding hydrogens is 387 g/mol. The Balaban J connectivity index is 1.49. The molecule has 1 fully saturated rings. The number of thioether (sulfide) groups is 1. The number of carbonyl (C=O) groups excluding carboxylic acids is 1. The molecule has 0 radical (unpaired) electrons. The summed E-state index contributed by atoms with van der Waals surface area (Å²) in [6, 6.07) is 16.0. The Morgan fingerprint density at radius 3 is 2.38 bits per heavy atom. The lowest BCUT2D eigenvalue weighted by Gasteiger charge is -2.37. The SMILES string of the molecule is CC(SCc1ccc(Cl)c(Cl)c1)C(=O)N1CCN(c2ccccc2)CC1. The first kappa shape index (κ1) is 19.4. The van der Waals surface area contributed by atoms with Gasteiger partial charge in [0, 0.05) is 37.6 Å². The maximum atomic E-state index is 12.7. The van der Waals surface area contributed by atoms with E-state index in [0.717, 1.165) is 37.5 Å². The molecule has 1 aliphatic rings. The number of para-hydroxylation sites is 1. The van der Waals surface area contributed by atoms with Crippen molar-refractivity contribution in [2.75, 3.05) is 31.1 Å². The van der Waals surface area contributed by atoms with Gasteiger partial charge in [-0.1, -0.05) is 47.5 Å². The summed E-state index contributed by atoms with van der Waals surface area (Å²) in [5, 5.41) is 1.04. The van der Waals surface area contributed by atoms with Crippen molar-refractivity contribution in [3.8, 4) is 0 Å². The first-order chi connectivity index (χ1) is 12.5. The van der Waals surface area contributed by atoms with Crippen LogP contribution in [0.5, 0.6) is 0 Å². The second-order valence-electron chi connectivity index (χ2n) is 6.35. The number of carbonyl (C=O) groups is 1. The molecule has 2 aromatic carbocycles. The van der Waals surface area contributed by atoms with E-state index in [1.54, 1.807) is 17.8 Å². The van der Waals surface area contributed by atoms with E-state index < -0.39 is 0 Å². The lowest BCUT2D eigenvalue weighted by molar-refractivity contribution is -0.130. The van der Waals surface area contributed by atoms with Gasteiger partial charge >= 0.3 is 0 Å². The number of hydrogen-bond acceptors (Lipinski definition) is 3. The molecule has 3 rings (SSSR count). The second-order valence-corrected chi connectivity index (χ2v) is 8.49. The Morgan fingerprint density at radius 2 is 1.73 bits per heavy atom. The number of benzene rings is 2. The summed E-state index contributed by atoms with van der Waals surface area (Å²) in [5.41, 5.74) is 2.31. The summed E-state index contributed by atoms with van der Waals surface area (Å²) in [5.74, 6) is 0.955. The van der Waals surface area contributed by atoms with E-state index in [9.17, 15) is 4.79 Å². The Labute approximate surface area is 169 Å². The van der Waals surface area contributed by atoms with Crippen LogP contribution in [0.2, 0.25) is 10.0 Å². The van der Waals surface area contributed by atoms with Gasteiger partial charge in [-0.05, 0) is 36.8 Å². The van der Waals surface area contributed by atoms with Gasteiger partial charge < -0.3 is 9.80 Å². The molecule has 6 heteroatoms.